The Morgan fingerprint density at radius 2 is 1.91 bits per heavy atom. The third kappa shape index (κ3) is 4.61. The minimum Gasteiger partial charge on any atom is -0.484 e. The molecule has 0 atom stereocenters. The maximum atomic E-state index is 12.6. The number of carbonyl (C=O) groups excluding carboxylic acids is 1. The van der Waals surface area contributed by atoms with E-state index < -0.39 is 23.6 Å². The topological polar surface area (TPSA) is 66.8 Å². The molecule has 1 aliphatic heterocycles. The van der Waals surface area contributed by atoms with Crippen molar-refractivity contribution < 1.29 is 32.6 Å². The number of hydrogen-bond donors (Lipinski definition) is 1. The van der Waals surface area contributed by atoms with Gasteiger partial charge in [-0.25, -0.2) is 0 Å². The number of hydrogen-bond acceptors (Lipinski definition) is 3. The molecule has 0 spiro atoms. The first-order chi connectivity index (χ1) is 10.8. The van der Waals surface area contributed by atoms with Crippen LogP contribution in [-0.4, -0.2) is 41.6 Å². The minimum atomic E-state index is -4.47. The Morgan fingerprint density at radius 3 is 2.48 bits per heavy atom. The summed E-state index contributed by atoms with van der Waals surface area (Å²) in [5, 5.41) is 8.89. The number of carboxylic acids is 1. The second-order valence-corrected chi connectivity index (χ2v) is 5.31. The van der Waals surface area contributed by atoms with Crippen LogP contribution in [0.2, 0.25) is 0 Å². The number of alkyl halides is 3. The molecule has 8 heteroatoms. The molecule has 0 aliphatic carbocycles. The van der Waals surface area contributed by atoms with E-state index in [1.54, 1.807) is 0 Å². The number of halogens is 3. The van der Waals surface area contributed by atoms with E-state index in [0.29, 0.717) is 25.9 Å². The van der Waals surface area contributed by atoms with Crippen LogP contribution < -0.4 is 4.74 Å². The fraction of sp³-hybridized carbons (Fsp3) is 0.467. The molecule has 1 aromatic carbocycles. The number of nitrogens with zero attached hydrogens (tertiary/aromatic N) is 1. The van der Waals surface area contributed by atoms with E-state index in [1.807, 2.05) is 0 Å². The molecule has 1 heterocycles. The highest BCUT2D eigenvalue weighted by Crippen LogP contribution is 2.31. The molecule has 23 heavy (non-hydrogen) atoms. The van der Waals surface area contributed by atoms with Crippen molar-refractivity contribution in [2.24, 2.45) is 5.92 Å². The lowest BCUT2D eigenvalue weighted by atomic mass is 9.97. The Labute approximate surface area is 130 Å². The van der Waals surface area contributed by atoms with E-state index >= 15 is 0 Å². The molecule has 1 aromatic rings. The number of benzene rings is 1. The van der Waals surface area contributed by atoms with Gasteiger partial charge in [0.2, 0.25) is 0 Å². The van der Waals surface area contributed by atoms with Crippen LogP contribution in [0.4, 0.5) is 13.2 Å². The maximum Gasteiger partial charge on any atom is 0.416 e. The molecule has 0 radical (unpaired) electrons. The maximum absolute atomic E-state index is 12.6. The van der Waals surface area contributed by atoms with Gasteiger partial charge < -0.3 is 14.7 Å². The molecule has 1 N–H and O–H groups in total. The third-order valence-corrected chi connectivity index (χ3v) is 3.72. The van der Waals surface area contributed by atoms with Crippen LogP contribution in [0.25, 0.3) is 0 Å². The fourth-order valence-corrected chi connectivity index (χ4v) is 2.37. The summed E-state index contributed by atoms with van der Waals surface area (Å²) in [5.74, 6) is -1.74. The molecule has 0 unspecified atom stereocenters. The van der Waals surface area contributed by atoms with Crippen LogP contribution in [0.15, 0.2) is 24.3 Å². The van der Waals surface area contributed by atoms with Crippen LogP contribution in [-0.2, 0) is 15.8 Å². The molecular formula is C15H16F3NO4. The van der Waals surface area contributed by atoms with Gasteiger partial charge in [-0.1, -0.05) is 6.07 Å². The van der Waals surface area contributed by atoms with E-state index in [1.165, 1.54) is 17.0 Å². The van der Waals surface area contributed by atoms with Gasteiger partial charge in [-0.05, 0) is 31.0 Å². The van der Waals surface area contributed by atoms with Gasteiger partial charge in [0.15, 0.2) is 6.61 Å². The van der Waals surface area contributed by atoms with Gasteiger partial charge in [0.1, 0.15) is 5.75 Å². The highest BCUT2D eigenvalue weighted by atomic mass is 19.4. The number of aliphatic carboxylic acids is 1. The number of ether oxygens (including phenoxy) is 1. The van der Waals surface area contributed by atoms with Crippen molar-refractivity contribution in [3.05, 3.63) is 29.8 Å². The molecule has 2 rings (SSSR count). The SMILES string of the molecule is O=C(O)C1CCN(C(=O)COc2cccc(C(F)(F)F)c2)CC1. The predicted molar refractivity (Wildman–Crippen MR) is 73.9 cm³/mol. The van der Waals surface area contributed by atoms with Gasteiger partial charge in [0.05, 0.1) is 11.5 Å². The number of piperidine rings is 1. The van der Waals surface area contributed by atoms with E-state index in [-0.39, 0.29) is 18.3 Å². The second-order valence-electron chi connectivity index (χ2n) is 5.31. The number of rotatable bonds is 4. The number of carbonyl (C=O) groups is 2. The highest BCUT2D eigenvalue weighted by molar-refractivity contribution is 5.78. The van der Waals surface area contributed by atoms with Crippen molar-refractivity contribution in [3.63, 3.8) is 0 Å². The molecule has 1 fully saturated rings. The van der Waals surface area contributed by atoms with Crippen molar-refractivity contribution in [3.8, 4) is 5.75 Å². The third-order valence-electron chi connectivity index (χ3n) is 3.72. The minimum absolute atomic E-state index is 0.0337. The highest BCUT2D eigenvalue weighted by Gasteiger charge is 2.31. The lowest BCUT2D eigenvalue weighted by Crippen LogP contribution is -2.42. The van der Waals surface area contributed by atoms with Crippen LogP contribution in [0.3, 0.4) is 0 Å². The summed E-state index contributed by atoms with van der Waals surface area (Å²) in [4.78, 5) is 24.3. The molecule has 0 bridgehead atoms. The largest absolute Gasteiger partial charge is 0.484 e. The summed E-state index contributed by atoms with van der Waals surface area (Å²) in [6.45, 7) is 0.239. The van der Waals surface area contributed by atoms with Crippen molar-refractivity contribution >= 4 is 11.9 Å². The Bertz CT molecular complexity index is 580. The lowest BCUT2D eigenvalue weighted by Gasteiger charge is -2.30. The van der Waals surface area contributed by atoms with Gasteiger partial charge in [-0.15, -0.1) is 0 Å². The molecule has 0 saturated carbocycles. The summed E-state index contributed by atoms with van der Waals surface area (Å²) >= 11 is 0. The zero-order valence-electron chi connectivity index (χ0n) is 12.2. The molecule has 1 amide bonds. The van der Waals surface area contributed by atoms with Crippen LogP contribution in [0, 0.1) is 5.92 Å². The Morgan fingerprint density at radius 1 is 1.26 bits per heavy atom. The monoisotopic (exact) mass is 331 g/mol. The van der Waals surface area contributed by atoms with Gasteiger partial charge in [0.25, 0.3) is 5.91 Å². The standard InChI is InChI=1S/C15H16F3NO4/c16-15(17,18)11-2-1-3-12(8-11)23-9-13(20)19-6-4-10(5-7-19)14(21)22/h1-3,8,10H,4-7,9H2,(H,21,22). The zero-order valence-corrected chi connectivity index (χ0v) is 12.2. The summed E-state index contributed by atoms with van der Waals surface area (Å²) in [6.07, 6.45) is -3.74. The zero-order chi connectivity index (χ0) is 17.0. The number of likely N-dealkylation sites (tertiary alicyclic amines) is 1. The first kappa shape index (κ1) is 17.1. The summed E-state index contributed by atoms with van der Waals surface area (Å²) < 4.78 is 42.9. The molecular weight excluding hydrogens is 315 g/mol. The van der Waals surface area contributed by atoms with Crippen LogP contribution in [0.5, 0.6) is 5.75 Å². The molecule has 5 nitrogen and oxygen atoms in total. The quantitative estimate of drug-likeness (QED) is 0.920. The molecule has 126 valence electrons. The van der Waals surface area contributed by atoms with E-state index in [2.05, 4.69) is 0 Å². The fourth-order valence-electron chi connectivity index (χ4n) is 2.37. The number of amides is 1. The Kier molecular flexibility index (Phi) is 5.12. The average molecular weight is 331 g/mol. The average Bonchev–Trinajstić information content (AvgIpc) is 2.52. The molecule has 0 aromatic heterocycles. The Hall–Kier alpha value is -2.25. The second kappa shape index (κ2) is 6.89. The summed E-state index contributed by atoms with van der Waals surface area (Å²) in [5.41, 5.74) is -0.843. The van der Waals surface area contributed by atoms with Crippen LogP contribution >= 0.6 is 0 Å². The van der Waals surface area contributed by atoms with Crippen molar-refractivity contribution in [1.82, 2.24) is 4.90 Å². The van der Waals surface area contributed by atoms with E-state index in [9.17, 15) is 22.8 Å². The van der Waals surface area contributed by atoms with Gasteiger partial charge in [0, 0.05) is 13.1 Å². The molecule has 1 saturated heterocycles. The van der Waals surface area contributed by atoms with Gasteiger partial charge in [-0.3, -0.25) is 9.59 Å². The van der Waals surface area contributed by atoms with Crippen LogP contribution in [0.1, 0.15) is 18.4 Å². The summed E-state index contributed by atoms with van der Waals surface area (Å²) in [7, 11) is 0. The predicted octanol–water partition coefficient (Wildman–Crippen LogP) is 2.41. The first-order valence-electron chi connectivity index (χ1n) is 7.08. The molecule has 1 aliphatic rings. The number of carboxylic acid groups (broad SMARTS) is 1. The lowest BCUT2D eigenvalue weighted by molar-refractivity contribution is -0.146. The Balaban J connectivity index is 1.87. The van der Waals surface area contributed by atoms with Crippen molar-refractivity contribution in [2.75, 3.05) is 19.7 Å². The van der Waals surface area contributed by atoms with Crippen molar-refractivity contribution in [1.29, 1.82) is 0 Å². The smallest absolute Gasteiger partial charge is 0.416 e. The summed E-state index contributed by atoms with van der Waals surface area (Å²) in [6, 6.07) is 4.31. The first-order valence-corrected chi connectivity index (χ1v) is 7.08. The normalized spacial score (nSPS) is 16.2. The van der Waals surface area contributed by atoms with E-state index in [4.69, 9.17) is 9.84 Å². The van der Waals surface area contributed by atoms with E-state index in [0.717, 1.165) is 12.1 Å². The van der Waals surface area contributed by atoms with Crippen molar-refractivity contribution in [2.45, 2.75) is 19.0 Å². The van der Waals surface area contributed by atoms with Gasteiger partial charge >= 0.3 is 12.1 Å². The van der Waals surface area contributed by atoms with Gasteiger partial charge in [-0.2, -0.15) is 13.2 Å².